The molecule has 2 rings (SSSR count). The van der Waals surface area contributed by atoms with Gasteiger partial charge in [0.1, 0.15) is 0 Å². The highest BCUT2D eigenvalue weighted by molar-refractivity contribution is 5.93. The monoisotopic (exact) mass is 247 g/mol. The molecule has 98 valence electrons. The number of carbonyl (C=O) groups is 1. The van der Waals surface area contributed by atoms with Crippen molar-refractivity contribution in [3.63, 3.8) is 0 Å². The molecule has 0 heterocycles. The van der Waals surface area contributed by atoms with E-state index < -0.39 is 0 Å². The van der Waals surface area contributed by atoms with E-state index in [2.05, 4.69) is 11.5 Å². The van der Waals surface area contributed by atoms with Gasteiger partial charge in [-0.2, -0.15) is 0 Å². The standard InChI is InChI=1S/C15H21NO2/c1-11(2)10-18-16-15(17)14-8-7-12-5-3-4-6-13(12)9-14/h7-9,11H,3-6,10H2,1-2H3,(H,16,17). The highest BCUT2D eigenvalue weighted by Crippen LogP contribution is 2.22. The highest BCUT2D eigenvalue weighted by Gasteiger charge is 2.12. The van der Waals surface area contributed by atoms with E-state index in [0.29, 0.717) is 18.1 Å². The smallest absolute Gasteiger partial charge is 0.273 e. The van der Waals surface area contributed by atoms with Crippen LogP contribution in [-0.2, 0) is 17.7 Å². The van der Waals surface area contributed by atoms with Crippen LogP contribution in [0.1, 0.15) is 48.2 Å². The number of hydrogen-bond acceptors (Lipinski definition) is 2. The number of carbonyl (C=O) groups excluding carboxylic acids is 1. The molecule has 1 amide bonds. The van der Waals surface area contributed by atoms with E-state index >= 15 is 0 Å². The van der Waals surface area contributed by atoms with E-state index in [-0.39, 0.29) is 5.91 Å². The van der Waals surface area contributed by atoms with Gasteiger partial charge >= 0.3 is 0 Å². The SMILES string of the molecule is CC(C)CONC(=O)c1ccc2c(c1)CCCC2. The third-order valence-electron chi connectivity index (χ3n) is 3.19. The Kier molecular flexibility index (Phi) is 4.37. The van der Waals surface area contributed by atoms with Crippen molar-refractivity contribution in [1.29, 1.82) is 0 Å². The summed E-state index contributed by atoms with van der Waals surface area (Å²) in [5.41, 5.74) is 5.90. The molecule has 1 aromatic rings. The van der Waals surface area contributed by atoms with Gasteiger partial charge in [0.25, 0.3) is 5.91 Å². The second kappa shape index (κ2) is 6.01. The van der Waals surface area contributed by atoms with Crippen LogP contribution in [0.4, 0.5) is 0 Å². The Labute approximate surface area is 108 Å². The molecule has 0 saturated heterocycles. The lowest BCUT2D eigenvalue weighted by Crippen LogP contribution is -2.25. The minimum atomic E-state index is -0.149. The zero-order valence-corrected chi connectivity index (χ0v) is 11.2. The van der Waals surface area contributed by atoms with E-state index in [1.807, 2.05) is 26.0 Å². The summed E-state index contributed by atoms with van der Waals surface area (Å²) in [4.78, 5) is 17.0. The van der Waals surface area contributed by atoms with Crippen molar-refractivity contribution < 1.29 is 9.63 Å². The Morgan fingerprint density at radius 3 is 2.72 bits per heavy atom. The van der Waals surface area contributed by atoms with E-state index in [4.69, 9.17) is 4.84 Å². The van der Waals surface area contributed by atoms with E-state index in [9.17, 15) is 4.79 Å². The minimum absolute atomic E-state index is 0.149. The van der Waals surface area contributed by atoms with E-state index in [1.54, 1.807) is 0 Å². The van der Waals surface area contributed by atoms with Gasteiger partial charge in [-0.25, -0.2) is 5.48 Å². The number of aryl methyl sites for hydroxylation is 2. The number of benzene rings is 1. The predicted octanol–water partition coefficient (Wildman–Crippen LogP) is 2.88. The lowest BCUT2D eigenvalue weighted by molar-refractivity contribution is 0.0208. The first-order chi connectivity index (χ1) is 8.66. The van der Waals surface area contributed by atoms with Gasteiger partial charge in [-0.05, 0) is 54.9 Å². The molecule has 0 atom stereocenters. The molecular formula is C15H21NO2. The summed E-state index contributed by atoms with van der Waals surface area (Å²) in [5.74, 6) is 0.262. The van der Waals surface area contributed by atoms with Crippen LogP contribution in [0.25, 0.3) is 0 Å². The lowest BCUT2D eigenvalue weighted by atomic mass is 9.90. The van der Waals surface area contributed by atoms with Crippen LogP contribution in [0.2, 0.25) is 0 Å². The van der Waals surface area contributed by atoms with Crippen molar-refractivity contribution in [3.05, 3.63) is 34.9 Å². The molecule has 0 aromatic heterocycles. The second-order valence-electron chi connectivity index (χ2n) is 5.33. The van der Waals surface area contributed by atoms with Gasteiger partial charge in [-0.1, -0.05) is 19.9 Å². The fraction of sp³-hybridized carbons (Fsp3) is 0.533. The fourth-order valence-electron chi connectivity index (χ4n) is 2.21. The van der Waals surface area contributed by atoms with Crippen molar-refractivity contribution in [1.82, 2.24) is 5.48 Å². The van der Waals surface area contributed by atoms with Crippen molar-refractivity contribution in [2.75, 3.05) is 6.61 Å². The maximum absolute atomic E-state index is 11.9. The summed E-state index contributed by atoms with van der Waals surface area (Å²) < 4.78 is 0. The van der Waals surface area contributed by atoms with Gasteiger partial charge in [0.15, 0.2) is 0 Å². The molecule has 1 N–H and O–H groups in total. The summed E-state index contributed by atoms with van der Waals surface area (Å²) in [5, 5.41) is 0. The van der Waals surface area contributed by atoms with Gasteiger partial charge in [-0.3, -0.25) is 9.63 Å². The maximum Gasteiger partial charge on any atom is 0.274 e. The number of hydroxylamine groups is 1. The second-order valence-corrected chi connectivity index (χ2v) is 5.33. The lowest BCUT2D eigenvalue weighted by Gasteiger charge is -2.16. The molecule has 0 radical (unpaired) electrons. The first kappa shape index (κ1) is 13.1. The first-order valence-electron chi connectivity index (χ1n) is 6.71. The van der Waals surface area contributed by atoms with Crippen LogP contribution >= 0.6 is 0 Å². The molecule has 3 nitrogen and oxygen atoms in total. The van der Waals surface area contributed by atoms with Crippen molar-refractivity contribution in [2.45, 2.75) is 39.5 Å². The average molecular weight is 247 g/mol. The number of rotatable bonds is 4. The predicted molar refractivity (Wildman–Crippen MR) is 71.3 cm³/mol. The molecule has 18 heavy (non-hydrogen) atoms. The molecule has 3 heteroatoms. The van der Waals surface area contributed by atoms with Crippen LogP contribution in [0.15, 0.2) is 18.2 Å². The molecule has 1 aliphatic carbocycles. The Bertz CT molecular complexity index is 427. The number of fused-ring (bicyclic) bond motifs is 1. The molecule has 0 spiro atoms. The average Bonchev–Trinajstić information content (AvgIpc) is 2.37. The summed E-state index contributed by atoms with van der Waals surface area (Å²) in [6, 6.07) is 5.96. The summed E-state index contributed by atoms with van der Waals surface area (Å²) in [6.07, 6.45) is 4.71. The summed E-state index contributed by atoms with van der Waals surface area (Å²) in [6.45, 7) is 4.63. The zero-order valence-electron chi connectivity index (χ0n) is 11.2. The van der Waals surface area contributed by atoms with Crippen LogP contribution in [0.5, 0.6) is 0 Å². The molecule has 0 unspecified atom stereocenters. The normalized spacial score (nSPS) is 14.4. The third kappa shape index (κ3) is 3.33. The largest absolute Gasteiger partial charge is 0.274 e. The molecule has 1 aromatic carbocycles. The maximum atomic E-state index is 11.9. The topological polar surface area (TPSA) is 38.3 Å². The number of amides is 1. The zero-order chi connectivity index (χ0) is 13.0. The van der Waals surface area contributed by atoms with Crippen molar-refractivity contribution in [3.8, 4) is 0 Å². The van der Waals surface area contributed by atoms with Gasteiger partial charge in [-0.15, -0.1) is 0 Å². The van der Waals surface area contributed by atoms with Gasteiger partial charge in [0.2, 0.25) is 0 Å². The van der Waals surface area contributed by atoms with Gasteiger partial charge in [0.05, 0.1) is 6.61 Å². The van der Waals surface area contributed by atoms with Crippen molar-refractivity contribution in [2.24, 2.45) is 5.92 Å². The fourth-order valence-corrected chi connectivity index (χ4v) is 2.21. The number of nitrogens with one attached hydrogen (secondary N) is 1. The van der Waals surface area contributed by atoms with Crippen molar-refractivity contribution >= 4 is 5.91 Å². The molecule has 0 aliphatic heterocycles. The molecule has 1 aliphatic rings. The highest BCUT2D eigenvalue weighted by atomic mass is 16.6. The minimum Gasteiger partial charge on any atom is -0.273 e. The molecule has 0 bridgehead atoms. The Morgan fingerprint density at radius 2 is 2.00 bits per heavy atom. The van der Waals surface area contributed by atoms with Gasteiger partial charge < -0.3 is 0 Å². The molecule has 0 fully saturated rings. The molecular weight excluding hydrogens is 226 g/mol. The van der Waals surface area contributed by atoms with Crippen LogP contribution < -0.4 is 5.48 Å². The Balaban J connectivity index is 1.98. The third-order valence-corrected chi connectivity index (χ3v) is 3.19. The number of hydrogen-bond donors (Lipinski definition) is 1. The molecule has 0 saturated carbocycles. The summed E-state index contributed by atoms with van der Waals surface area (Å²) >= 11 is 0. The summed E-state index contributed by atoms with van der Waals surface area (Å²) in [7, 11) is 0. The van der Waals surface area contributed by atoms with Crippen LogP contribution in [0, 0.1) is 5.92 Å². The van der Waals surface area contributed by atoms with Crippen LogP contribution in [-0.4, -0.2) is 12.5 Å². The quantitative estimate of drug-likeness (QED) is 0.831. The Morgan fingerprint density at radius 1 is 1.28 bits per heavy atom. The van der Waals surface area contributed by atoms with E-state index in [1.165, 1.54) is 24.0 Å². The van der Waals surface area contributed by atoms with Gasteiger partial charge in [0, 0.05) is 5.56 Å². The first-order valence-corrected chi connectivity index (χ1v) is 6.71. The Hall–Kier alpha value is -1.35. The van der Waals surface area contributed by atoms with Crippen LogP contribution in [0.3, 0.4) is 0 Å². The van der Waals surface area contributed by atoms with E-state index in [0.717, 1.165) is 12.8 Å².